The van der Waals surface area contributed by atoms with Crippen LogP contribution >= 0.6 is 0 Å². The van der Waals surface area contributed by atoms with E-state index in [-0.39, 0.29) is 17.6 Å². The van der Waals surface area contributed by atoms with E-state index in [1.54, 1.807) is 24.3 Å². The molecule has 3 rings (SSSR count). The summed E-state index contributed by atoms with van der Waals surface area (Å²) < 4.78 is 14.1. The highest BCUT2D eigenvalue weighted by atomic mass is 19.1. The Labute approximate surface area is 128 Å². The maximum atomic E-state index is 14.1. The first-order valence-electron chi connectivity index (χ1n) is 7.34. The molecule has 0 spiro atoms. The van der Waals surface area contributed by atoms with Gasteiger partial charge >= 0.3 is 0 Å². The van der Waals surface area contributed by atoms with E-state index < -0.39 is 5.82 Å². The predicted molar refractivity (Wildman–Crippen MR) is 82.4 cm³/mol. The smallest absolute Gasteiger partial charge is 0.227 e. The van der Waals surface area contributed by atoms with Crippen molar-refractivity contribution >= 4 is 23.1 Å². The fourth-order valence-electron chi connectivity index (χ4n) is 2.10. The monoisotopic (exact) mass is 300 g/mol. The van der Waals surface area contributed by atoms with Crippen LogP contribution in [0.1, 0.15) is 25.5 Å². The van der Waals surface area contributed by atoms with E-state index >= 15 is 0 Å². The fourth-order valence-corrected chi connectivity index (χ4v) is 2.10. The average Bonchev–Trinajstić information content (AvgIpc) is 3.36. The summed E-state index contributed by atoms with van der Waals surface area (Å²) in [5.74, 6) is -0.0479. The summed E-state index contributed by atoms with van der Waals surface area (Å²) in [6.07, 6.45) is 3.79. The number of aryl methyl sites for hydroxylation is 1. The number of halogens is 1. The van der Waals surface area contributed by atoms with E-state index in [4.69, 9.17) is 0 Å². The minimum atomic E-state index is -0.434. The lowest BCUT2D eigenvalue weighted by molar-refractivity contribution is -0.117. The second-order valence-electron chi connectivity index (χ2n) is 5.30. The van der Waals surface area contributed by atoms with Crippen molar-refractivity contribution in [1.82, 2.24) is 9.97 Å². The second kappa shape index (κ2) is 6.09. The molecule has 0 aliphatic heterocycles. The number of nitrogens with zero attached hydrogens (tertiary/aromatic N) is 2. The first-order valence-corrected chi connectivity index (χ1v) is 7.34. The van der Waals surface area contributed by atoms with Gasteiger partial charge in [0.25, 0.3) is 0 Å². The Hall–Kier alpha value is -2.50. The summed E-state index contributed by atoms with van der Waals surface area (Å²) >= 11 is 0. The fraction of sp³-hybridized carbons (Fsp3) is 0.312. The second-order valence-corrected chi connectivity index (χ2v) is 5.30. The molecule has 1 aliphatic carbocycles. The summed E-state index contributed by atoms with van der Waals surface area (Å²) in [4.78, 5) is 19.5. The number of anilines is 3. The Bertz CT molecular complexity index is 683. The summed E-state index contributed by atoms with van der Waals surface area (Å²) in [7, 11) is 0. The third kappa shape index (κ3) is 3.21. The van der Waals surface area contributed by atoms with E-state index in [1.807, 2.05) is 6.92 Å². The van der Waals surface area contributed by atoms with Crippen LogP contribution in [0.15, 0.2) is 30.6 Å². The minimum absolute atomic E-state index is 0.0649. The molecule has 0 radical (unpaired) electrons. The minimum Gasteiger partial charge on any atom is -0.338 e. The lowest BCUT2D eigenvalue weighted by Crippen LogP contribution is -2.13. The van der Waals surface area contributed by atoms with Crippen molar-refractivity contribution in [3.05, 3.63) is 42.1 Å². The van der Waals surface area contributed by atoms with Crippen molar-refractivity contribution < 1.29 is 9.18 Å². The lowest BCUT2D eigenvalue weighted by atomic mass is 10.2. The Morgan fingerprint density at radius 3 is 2.55 bits per heavy atom. The predicted octanol–water partition coefficient (Wildman–Crippen LogP) is 3.27. The van der Waals surface area contributed by atoms with Gasteiger partial charge in [-0.15, -0.1) is 0 Å². The molecule has 0 unspecified atom stereocenters. The molecule has 6 heteroatoms. The number of benzene rings is 1. The molecule has 1 fully saturated rings. The first kappa shape index (κ1) is 14.4. The van der Waals surface area contributed by atoms with Crippen LogP contribution < -0.4 is 10.6 Å². The zero-order valence-corrected chi connectivity index (χ0v) is 12.3. The molecule has 5 nitrogen and oxygen atoms in total. The molecule has 0 saturated heterocycles. The van der Waals surface area contributed by atoms with Gasteiger partial charge in [-0.3, -0.25) is 4.79 Å². The van der Waals surface area contributed by atoms with Gasteiger partial charge < -0.3 is 10.6 Å². The number of carbonyl (C=O) groups excluding carboxylic acids is 1. The summed E-state index contributed by atoms with van der Waals surface area (Å²) in [6, 6.07) is 7.11. The van der Waals surface area contributed by atoms with E-state index in [2.05, 4.69) is 20.6 Å². The number of nitrogens with one attached hydrogen (secondary N) is 2. The number of amides is 1. The average molecular weight is 300 g/mol. The van der Waals surface area contributed by atoms with Crippen LogP contribution in [0.5, 0.6) is 0 Å². The molecule has 1 aliphatic rings. The van der Waals surface area contributed by atoms with Gasteiger partial charge in [0.15, 0.2) is 11.6 Å². The molecule has 114 valence electrons. The van der Waals surface area contributed by atoms with Crippen molar-refractivity contribution in [2.45, 2.75) is 26.2 Å². The van der Waals surface area contributed by atoms with Gasteiger partial charge in [-0.25, -0.2) is 14.4 Å². The molecule has 0 atom stereocenters. The quantitative estimate of drug-likeness (QED) is 0.889. The van der Waals surface area contributed by atoms with Crippen molar-refractivity contribution in [3.63, 3.8) is 0 Å². The van der Waals surface area contributed by atoms with Crippen molar-refractivity contribution in [1.29, 1.82) is 0 Å². The van der Waals surface area contributed by atoms with Crippen molar-refractivity contribution in [2.24, 2.45) is 5.92 Å². The number of rotatable bonds is 5. The van der Waals surface area contributed by atoms with Crippen LogP contribution in [-0.2, 0) is 11.2 Å². The van der Waals surface area contributed by atoms with Gasteiger partial charge in [-0.2, -0.15) is 0 Å². The van der Waals surface area contributed by atoms with Crippen molar-refractivity contribution in [3.8, 4) is 0 Å². The highest BCUT2D eigenvalue weighted by Crippen LogP contribution is 2.30. The Morgan fingerprint density at radius 1 is 1.23 bits per heavy atom. The normalized spacial score (nSPS) is 13.7. The molecule has 22 heavy (non-hydrogen) atoms. The van der Waals surface area contributed by atoms with Crippen LogP contribution in [0.4, 0.5) is 21.6 Å². The molecule has 1 aromatic carbocycles. The maximum absolute atomic E-state index is 14.1. The van der Waals surface area contributed by atoms with Crippen LogP contribution in [0, 0.1) is 11.7 Å². The van der Waals surface area contributed by atoms with E-state index in [0.717, 1.165) is 18.5 Å². The molecule has 1 aromatic heterocycles. The highest BCUT2D eigenvalue weighted by Gasteiger charge is 2.29. The van der Waals surface area contributed by atoms with Gasteiger partial charge in [-0.05, 0) is 43.5 Å². The van der Waals surface area contributed by atoms with Crippen LogP contribution in [-0.4, -0.2) is 15.9 Å². The molecule has 1 saturated carbocycles. The summed E-state index contributed by atoms with van der Waals surface area (Å²) in [6.45, 7) is 1.84. The van der Waals surface area contributed by atoms with Crippen molar-refractivity contribution in [2.75, 3.05) is 10.6 Å². The zero-order chi connectivity index (χ0) is 15.5. The Morgan fingerprint density at radius 2 is 1.91 bits per heavy atom. The molecular formula is C16H17FN4O. The Balaban J connectivity index is 1.69. The van der Waals surface area contributed by atoms with E-state index in [1.165, 1.54) is 6.33 Å². The Kier molecular flexibility index (Phi) is 4.00. The van der Waals surface area contributed by atoms with Crippen LogP contribution in [0.25, 0.3) is 0 Å². The molecule has 0 bridgehead atoms. The highest BCUT2D eigenvalue weighted by molar-refractivity contribution is 5.94. The SMILES string of the molecule is CCc1ncnc(Nc2ccc(NC(=O)C3CC3)cc2)c1F. The molecule has 1 amide bonds. The topological polar surface area (TPSA) is 66.9 Å². The van der Waals surface area contributed by atoms with E-state index in [9.17, 15) is 9.18 Å². The molecular weight excluding hydrogens is 283 g/mol. The molecule has 2 aromatic rings. The van der Waals surface area contributed by atoms with Gasteiger partial charge in [0, 0.05) is 17.3 Å². The van der Waals surface area contributed by atoms with Gasteiger partial charge in [-0.1, -0.05) is 6.92 Å². The lowest BCUT2D eigenvalue weighted by Gasteiger charge is -2.09. The third-order valence-corrected chi connectivity index (χ3v) is 3.56. The standard InChI is InChI=1S/C16H17FN4O/c1-2-13-14(17)15(19-9-18-13)20-11-5-7-12(8-6-11)21-16(22)10-3-4-10/h5-10H,2-4H2,1H3,(H,21,22)(H,18,19,20). The molecule has 1 heterocycles. The van der Waals surface area contributed by atoms with Gasteiger partial charge in [0.05, 0.1) is 5.69 Å². The number of carbonyl (C=O) groups is 1. The largest absolute Gasteiger partial charge is 0.338 e. The summed E-state index contributed by atoms with van der Waals surface area (Å²) in [5.41, 5.74) is 1.81. The first-order chi connectivity index (χ1) is 10.7. The third-order valence-electron chi connectivity index (χ3n) is 3.56. The number of hydrogen-bond donors (Lipinski definition) is 2. The number of hydrogen-bond acceptors (Lipinski definition) is 4. The van der Waals surface area contributed by atoms with Gasteiger partial charge in [0.1, 0.15) is 6.33 Å². The van der Waals surface area contributed by atoms with Crippen LogP contribution in [0.2, 0.25) is 0 Å². The maximum Gasteiger partial charge on any atom is 0.227 e. The van der Waals surface area contributed by atoms with Gasteiger partial charge in [0.2, 0.25) is 5.91 Å². The van der Waals surface area contributed by atoms with Crippen LogP contribution in [0.3, 0.4) is 0 Å². The zero-order valence-electron chi connectivity index (χ0n) is 12.3. The summed E-state index contributed by atoms with van der Waals surface area (Å²) in [5, 5.41) is 5.78. The molecule has 2 N–H and O–H groups in total. The van der Waals surface area contributed by atoms with E-state index in [0.29, 0.717) is 17.8 Å². The number of aromatic nitrogens is 2.